The molecule has 3 amide bonds. The van der Waals surface area contributed by atoms with Gasteiger partial charge in [0, 0.05) is 83.2 Å². The van der Waals surface area contributed by atoms with Crippen LogP contribution in [0.5, 0.6) is 0 Å². The standard InChI is InChI=1S/C33H48F2N10O5S2/c1-21-18-43(19-22(2)45(21)30(46)40(7)10-11-41-12-14-42(15-13-41)31(47)50-32(3,4)5)24-16-23(52(48,49)39-33(6)8-9-33)20-44-25(24)17-36-27(44)29-38-37-28(51-29)26(34)35/h16-17,20-22,26,39H,8-15,18-19H2,1-7H3/t21-,22-/m0/s1. The molecule has 2 saturated heterocycles. The lowest BCUT2D eigenvalue weighted by Crippen LogP contribution is -2.61. The summed E-state index contributed by atoms with van der Waals surface area (Å²) in [5.74, 6) is 0.207. The van der Waals surface area contributed by atoms with Crippen molar-refractivity contribution < 1.29 is 31.5 Å². The Morgan fingerprint density at radius 1 is 1.12 bits per heavy atom. The Hall–Kier alpha value is -3.68. The third-order valence-electron chi connectivity index (χ3n) is 9.69. The van der Waals surface area contributed by atoms with E-state index in [1.807, 2.05) is 51.3 Å². The summed E-state index contributed by atoms with van der Waals surface area (Å²) in [4.78, 5) is 40.3. The fourth-order valence-corrected chi connectivity index (χ4v) is 8.83. The molecule has 15 nitrogen and oxygen atoms in total. The van der Waals surface area contributed by atoms with Gasteiger partial charge in [-0.3, -0.25) is 9.30 Å². The Bertz CT molecular complexity index is 1890. The molecule has 1 N–H and O–H groups in total. The highest BCUT2D eigenvalue weighted by Crippen LogP contribution is 2.38. The Balaban J connectivity index is 1.16. The molecule has 3 aliphatic rings. The number of alkyl halides is 2. The molecule has 1 aliphatic carbocycles. The third kappa shape index (κ3) is 8.26. The highest BCUT2D eigenvalue weighted by atomic mass is 32.2. The minimum atomic E-state index is -3.96. The summed E-state index contributed by atoms with van der Waals surface area (Å²) < 4.78 is 64.0. The molecule has 3 aromatic rings. The molecule has 1 saturated carbocycles. The Kier molecular flexibility index (Phi) is 10.5. The number of carbonyl (C=O) groups is 2. The van der Waals surface area contributed by atoms with Gasteiger partial charge in [-0.25, -0.2) is 36.5 Å². The summed E-state index contributed by atoms with van der Waals surface area (Å²) in [5, 5.41) is 7.21. The maximum Gasteiger partial charge on any atom is 0.410 e. The van der Waals surface area contributed by atoms with Crippen LogP contribution in [0.2, 0.25) is 0 Å². The minimum Gasteiger partial charge on any atom is -0.444 e. The number of aromatic nitrogens is 4. The molecule has 3 fully saturated rings. The number of nitrogens with one attached hydrogen (secondary N) is 1. The number of urea groups is 1. The molecule has 2 atom stereocenters. The van der Waals surface area contributed by atoms with E-state index in [0.717, 1.165) is 12.8 Å². The van der Waals surface area contributed by atoms with Crippen molar-refractivity contribution in [1.29, 1.82) is 0 Å². The van der Waals surface area contributed by atoms with Crippen LogP contribution in [-0.4, -0.2) is 142 Å². The first-order valence-electron chi connectivity index (χ1n) is 17.5. The number of halogens is 2. The van der Waals surface area contributed by atoms with Crippen molar-refractivity contribution in [2.24, 2.45) is 0 Å². The first-order valence-corrected chi connectivity index (χ1v) is 19.8. The number of ether oxygens (including phenoxy) is 1. The molecule has 19 heteroatoms. The van der Waals surface area contributed by atoms with Crippen molar-refractivity contribution in [3.63, 3.8) is 0 Å². The third-order valence-corrected chi connectivity index (χ3v) is 12.2. The van der Waals surface area contributed by atoms with Crippen molar-refractivity contribution in [2.75, 3.05) is 64.3 Å². The highest BCUT2D eigenvalue weighted by molar-refractivity contribution is 7.89. The van der Waals surface area contributed by atoms with Crippen molar-refractivity contribution >= 4 is 44.7 Å². The maximum absolute atomic E-state index is 13.8. The van der Waals surface area contributed by atoms with Crippen LogP contribution in [0.1, 0.15) is 65.8 Å². The first kappa shape index (κ1) is 38.1. The van der Waals surface area contributed by atoms with Crippen LogP contribution in [-0.2, 0) is 14.8 Å². The van der Waals surface area contributed by atoms with E-state index in [9.17, 15) is 26.8 Å². The van der Waals surface area contributed by atoms with Crippen LogP contribution in [0.3, 0.4) is 0 Å². The quantitative estimate of drug-likeness (QED) is 0.337. The smallest absolute Gasteiger partial charge is 0.410 e. The summed E-state index contributed by atoms with van der Waals surface area (Å²) in [6.07, 6.45) is 1.36. The van der Waals surface area contributed by atoms with E-state index in [-0.39, 0.29) is 39.9 Å². The molecule has 0 aromatic carbocycles. The molecule has 286 valence electrons. The lowest BCUT2D eigenvalue weighted by atomic mass is 10.1. The molecule has 2 aliphatic heterocycles. The van der Waals surface area contributed by atoms with Gasteiger partial charge in [0.05, 0.1) is 17.4 Å². The van der Waals surface area contributed by atoms with E-state index in [1.54, 1.807) is 33.5 Å². The zero-order chi connectivity index (χ0) is 37.7. The summed E-state index contributed by atoms with van der Waals surface area (Å²) in [6.45, 7) is 15.8. The van der Waals surface area contributed by atoms with E-state index in [0.29, 0.717) is 74.9 Å². The fourth-order valence-electron chi connectivity index (χ4n) is 6.66. The number of likely N-dealkylation sites (N-methyl/N-ethyl adjacent to an activating group) is 1. The van der Waals surface area contributed by atoms with E-state index >= 15 is 0 Å². The van der Waals surface area contributed by atoms with Crippen LogP contribution >= 0.6 is 11.3 Å². The van der Waals surface area contributed by atoms with Gasteiger partial charge in [0.2, 0.25) is 10.0 Å². The van der Waals surface area contributed by atoms with Crippen molar-refractivity contribution in [2.45, 2.75) is 88.9 Å². The van der Waals surface area contributed by atoms with E-state index < -0.39 is 32.6 Å². The number of imidazole rings is 1. The first-order chi connectivity index (χ1) is 24.3. The number of pyridine rings is 1. The Labute approximate surface area is 306 Å². The molecule has 5 heterocycles. The summed E-state index contributed by atoms with van der Waals surface area (Å²) in [6, 6.07) is 1.04. The largest absolute Gasteiger partial charge is 0.444 e. The summed E-state index contributed by atoms with van der Waals surface area (Å²) in [7, 11) is -2.18. The molecular formula is C33H48F2N10O5S2. The van der Waals surface area contributed by atoms with Gasteiger partial charge in [0.15, 0.2) is 15.8 Å². The second-order valence-corrected chi connectivity index (χ2v) is 18.0. The molecular weight excluding hydrogens is 719 g/mol. The van der Waals surface area contributed by atoms with Crippen LogP contribution in [0.4, 0.5) is 24.1 Å². The van der Waals surface area contributed by atoms with E-state index in [4.69, 9.17) is 4.74 Å². The second kappa shape index (κ2) is 14.3. The van der Waals surface area contributed by atoms with Gasteiger partial charge in [0.1, 0.15) is 10.5 Å². The lowest BCUT2D eigenvalue weighted by molar-refractivity contribution is 0.0141. The minimum absolute atomic E-state index is 0.00597. The summed E-state index contributed by atoms with van der Waals surface area (Å²) >= 11 is 0.704. The number of fused-ring (bicyclic) bond motifs is 1. The number of anilines is 1. The Morgan fingerprint density at radius 2 is 1.77 bits per heavy atom. The number of piperazine rings is 2. The fraction of sp³-hybridized carbons (Fsp3) is 0.667. The molecule has 0 bridgehead atoms. The number of rotatable bonds is 9. The van der Waals surface area contributed by atoms with Gasteiger partial charge in [-0.1, -0.05) is 11.3 Å². The van der Waals surface area contributed by atoms with Gasteiger partial charge >= 0.3 is 12.1 Å². The van der Waals surface area contributed by atoms with Gasteiger partial charge in [0.25, 0.3) is 6.43 Å². The number of nitrogens with zero attached hydrogens (tertiary/aromatic N) is 9. The van der Waals surface area contributed by atoms with Gasteiger partial charge in [-0.05, 0) is 60.5 Å². The monoisotopic (exact) mass is 766 g/mol. The molecule has 6 rings (SSSR count). The predicted octanol–water partition coefficient (Wildman–Crippen LogP) is 4.12. The highest BCUT2D eigenvalue weighted by Gasteiger charge is 2.42. The number of sulfonamides is 1. The molecule has 0 radical (unpaired) electrons. The second-order valence-electron chi connectivity index (χ2n) is 15.3. The number of hydrogen-bond donors (Lipinski definition) is 1. The SMILES string of the molecule is C[C@H]1CN(c2cc(S(=O)(=O)NC3(C)CC3)cn3c(-c4nnc(C(F)F)s4)ncc23)C[C@H](C)N1C(=O)N(C)CCN1CCN(C(=O)OC(C)(C)C)CC1. The van der Waals surface area contributed by atoms with Crippen LogP contribution < -0.4 is 9.62 Å². The molecule has 0 unspecified atom stereocenters. The normalized spacial score (nSPS) is 21.2. The Morgan fingerprint density at radius 3 is 2.35 bits per heavy atom. The average Bonchev–Trinajstić information content (AvgIpc) is 3.41. The summed E-state index contributed by atoms with van der Waals surface area (Å²) in [5.41, 5.74) is 0.0920. The average molecular weight is 767 g/mol. The topological polar surface area (TPSA) is 149 Å². The van der Waals surface area contributed by atoms with Crippen LogP contribution in [0.25, 0.3) is 16.3 Å². The van der Waals surface area contributed by atoms with E-state index in [2.05, 4.69) is 24.8 Å². The number of hydrogen-bond acceptors (Lipinski definition) is 11. The van der Waals surface area contributed by atoms with Crippen LogP contribution in [0.15, 0.2) is 23.4 Å². The number of amides is 3. The molecule has 0 spiro atoms. The lowest BCUT2D eigenvalue weighted by Gasteiger charge is -2.46. The molecule has 3 aromatic heterocycles. The zero-order valence-electron chi connectivity index (χ0n) is 30.7. The van der Waals surface area contributed by atoms with Gasteiger partial charge in [-0.2, -0.15) is 0 Å². The predicted molar refractivity (Wildman–Crippen MR) is 192 cm³/mol. The van der Waals surface area contributed by atoms with Crippen LogP contribution in [0, 0.1) is 0 Å². The van der Waals surface area contributed by atoms with Gasteiger partial charge in [-0.15, -0.1) is 10.2 Å². The van der Waals surface area contributed by atoms with Gasteiger partial charge < -0.3 is 24.3 Å². The number of carbonyl (C=O) groups excluding carboxylic acids is 2. The van der Waals surface area contributed by atoms with Crippen molar-refractivity contribution in [3.05, 3.63) is 23.5 Å². The zero-order valence-corrected chi connectivity index (χ0v) is 32.3. The van der Waals surface area contributed by atoms with Crippen molar-refractivity contribution in [1.82, 2.24) is 43.9 Å². The van der Waals surface area contributed by atoms with E-state index in [1.165, 1.54) is 6.20 Å². The molecule has 52 heavy (non-hydrogen) atoms. The maximum atomic E-state index is 13.8. The van der Waals surface area contributed by atoms with Crippen molar-refractivity contribution in [3.8, 4) is 10.8 Å².